The van der Waals surface area contributed by atoms with Gasteiger partial charge < -0.3 is 19.7 Å². The predicted molar refractivity (Wildman–Crippen MR) is 42.6 cm³/mol. The molecule has 1 heterocycles. The Kier molecular flexibility index (Phi) is 2.73. The Balaban J connectivity index is 2.68. The van der Waals surface area contributed by atoms with Crippen molar-refractivity contribution in [2.45, 2.75) is 44.4 Å². The van der Waals surface area contributed by atoms with E-state index in [0.717, 1.165) is 0 Å². The summed E-state index contributed by atoms with van der Waals surface area (Å²) in [6.45, 7) is 3.43. The number of aliphatic hydroxyl groups excluding tert-OH is 1. The summed E-state index contributed by atoms with van der Waals surface area (Å²) in [4.78, 5) is 0. The van der Waals surface area contributed by atoms with Crippen LogP contribution < -0.4 is 0 Å². The molecule has 0 bridgehead atoms. The molecule has 1 fully saturated rings. The van der Waals surface area contributed by atoms with Gasteiger partial charge in [-0.3, -0.25) is 0 Å². The molecule has 0 aromatic heterocycles. The van der Waals surface area contributed by atoms with Gasteiger partial charge in [-0.1, -0.05) is 0 Å². The molecule has 1 aliphatic heterocycles. The Morgan fingerprint density at radius 1 is 1.58 bits per heavy atom. The molecule has 0 radical (unpaired) electrons. The van der Waals surface area contributed by atoms with Crippen LogP contribution in [-0.2, 0) is 9.47 Å². The molecule has 1 saturated heterocycles. The number of hydrogen-bond acceptors (Lipinski definition) is 4. The second-order valence-corrected chi connectivity index (χ2v) is 3.56. The van der Waals surface area contributed by atoms with Crippen LogP contribution in [0.5, 0.6) is 0 Å². The molecule has 1 aliphatic rings. The van der Waals surface area contributed by atoms with Crippen molar-refractivity contribution in [3.05, 3.63) is 0 Å². The van der Waals surface area contributed by atoms with Crippen LogP contribution in [0, 0.1) is 0 Å². The van der Waals surface area contributed by atoms with Crippen molar-refractivity contribution in [1.82, 2.24) is 0 Å². The van der Waals surface area contributed by atoms with Crippen LogP contribution >= 0.6 is 0 Å². The van der Waals surface area contributed by atoms with Crippen LogP contribution in [0.25, 0.3) is 0 Å². The molecule has 4 atom stereocenters. The Morgan fingerprint density at radius 3 is 2.67 bits per heavy atom. The number of rotatable bonds is 1. The van der Waals surface area contributed by atoms with Crippen molar-refractivity contribution >= 4 is 0 Å². The van der Waals surface area contributed by atoms with Gasteiger partial charge in [-0.2, -0.15) is 0 Å². The molecule has 2 N–H and O–H groups in total. The Morgan fingerprint density at radius 2 is 2.17 bits per heavy atom. The van der Waals surface area contributed by atoms with Gasteiger partial charge in [-0.25, -0.2) is 0 Å². The number of aliphatic hydroxyl groups is 2. The molecule has 0 aromatic carbocycles. The molecular weight excluding hydrogens is 160 g/mol. The first-order valence-corrected chi connectivity index (χ1v) is 4.06. The standard InChI is InChI=1S/C8H16O4/c1-5-4-8(2,10)6(9)7(11-3)12-5/h5-7,9-10H,4H2,1-3H3. The average molecular weight is 176 g/mol. The van der Waals surface area contributed by atoms with E-state index >= 15 is 0 Å². The van der Waals surface area contributed by atoms with Crippen molar-refractivity contribution in [3.8, 4) is 0 Å². The van der Waals surface area contributed by atoms with Gasteiger partial charge in [0.1, 0.15) is 6.10 Å². The fourth-order valence-corrected chi connectivity index (χ4v) is 1.53. The third-order valence-electron chi connectivity index (χ3n) is 2.19. The lowest BCUT2D eigenvalue weighted by Crippen LogP contribution is -2.55. The largest absolute Gasteiger partial charge is 0.387 e. The van der Waals surface area contributed by atoms with Crippen molar-refractivity contribution < 1.29 is 19.7 Å². The highest BCUT2D eigenvalue weighted by Crippen LogP contribution is 2.28. The SMILES string of the molecule is COC1OC(C)CC(C)(O)C1O. The summed E-state index contributed by atoms with van der Waals surface area (Å²) in [7, 11) is 1.45. The number of methoxy groups -OCH3 is 1. The molecule has 72 valence electrons. The van der Waals surface area contributed by atoms with E-state index in [1.54, 1.807) is 6.92 Å². The second kappa shape index (κ2) is 3.30. The lowest BCUT2D eigenvalue weighted by atomic mass is 9.89. The van der Waals surface area contributed by atoms with E-state index < -0.39 is 18.0 Å². The molecular formula is C8H16O4. The molecule has 12 heavy (non-hydrogen) atoms. The third-order valence-corrected chi connectivity index (χ3v) is 2.19. The van der Waals surface area contributed by atoms with Crippen molar-refractivity contribution in [2.75, 3.05) is 7.11 Å². The van der Waals surface area contributed by atoms with Crippen LogP contribution in [0.1, 0.15) is 20.3 Å². The second-order valence-electron chi connectivity index (χ2n) is 3.56. The van der Waals surface area contributed by atoms with Gasteiger partial charge in [0, 0.05) is 13.5 Å². The van der Waals surface area contributed by atoms with Gasteiger partial charge in [0.25, 0.3) is 0 Å². The zero-order valence-electron chi connectivity index (χ0n) is 7.65. The van der Waals surface area contributed by atoms with Crippen molar-refractivity contribution in [3.63, 3.8) is 0 Å². The molecule has 0 saturated carbocycles. The fourth-order valence-electron chi connectivity index (χ4n) is 1.53. The normalized spacial score (nSPS) is 49.2. The highest BCUT2D eigenvalue weighted by atomic mass is 16.7. The Hall–Kier alpha value is -0.160. The van der Waals surface area contributed by atoms with Gasteiger partial charge in [0.2, 0.25) is 0 Å². The topological polar surface area (TPSA) is 58.9 Å². The third kappa shape index (κ3) is 1.77. The van der Waals surface area contributed by atoms with Crippen LogP contribution in [0.3, 0.4) is 0 Å². The highest BCUT2D eigenvalue weighted by molar-refractivity contribution is 4.90. The monoisotopic (exact) mass is 176 g/mol. The zero-order chi connectivity index (χ0) is 9.35. The first-order chi connectivity index (χ1) is 5.47. The minimum Gasteiger partial charge on any atom is -0.387 e. The van der Waals surface area contributed by atoms with Crippen LogP contribution in [0.4, 0.5) is 0 Å². The first-order valence-electron chi connectivity index (χ1n) is 4.06. The smallest absolute Gasteiger partial charge is 0.186 e. The van der Waals surface area contributed by atoms with Crippen LogP contribution in [0.2, 0.25) is 0 Å². The van der Waals surface area contributed by atoms with Gasteiger partial charge in [-0.15, -0.1) is 0 Å². The lowest BCUT2D eigenvalue weighted by Gasteiger charge is -2.41. The maximum Gasteiger partial charge on any atom is 0.186 e. The van der Waals surface area contributed by atoms with Gasteiger partial charge >= 0.3 is 0 Å². The van der Waals surface area contributed by atoms with Crippen LogP contribution in [0.15, 0.2) is 0 Å². The Labute approximate surface area is 72.1 Å². The molecule has 0 aromatic rings. The minimum absolute atomic E-state index is 0.0895. The van der Waals surface area contributed by atoms with Gasteiger partial charge in [0.05, 0.1) is 11.7 Å². The fraction of sp³-hybridized carbons (Fsp3) is 1.00. The summed E-state index contributed by atoms with van der Waals surface area (Å²) >= 11 is 0. The maximum absolute atomic E-state index is 9.70. The summed E-state index contributed by atoms with van der Waals surface area (Å²) < 4.78 is 10.1. The summed E-state index contributed by atoms with van der Waals surface area (Å²) in [6, 6.07) is 0. The first kappa shape index (κ1) is 9.92. The summed E-state index contributed by atoms with van der Waals surface area (Å²) in [5.41, 5.74) is -1.11. The molecule has 4 unspecified atom stereocenters. The van der Waals surface area contributed by atoms with E-state index in [1.165, 1.54) is 7.11 Å². The Bertz CT molecular complexity index is 157. The van der Waals surface area contributed by atoms with E-state index in [0.29, 0.717) is 6.42 Å². The molecule has 4 heteroatoms. The summed E-state index contributed by atoms with van der Waals surface area (Å²) in [5, 5.41) is 19.2. The number of ether oxygens (including phenoxy) is 2. The van der Waals surface area contributed by atoms with E-state index in [4.69, 9.17) is 9.47 Å². The van der Waals surface area contributed by atoms with Crippen molar-refractivity contribution in [2.24, 2.45) is 0 Å². The summed E-state index contributed by atoms with van der Waals surface area (Å²) in [6.07, 6.45) is -1.36. The number of hydrogen-bond donors (Lipinski definition) is 2. The van der Waals surface area contributed by atoms with E-state index in [2.05, 4.69) is 0 Å². The van der Waals surface area contributed by atoms with E-state index in [1.807, 2.05) is 6.92 Å². The molecule has 1 rings (SSSR count). The van der Waals surface area contributed by atoms with Crippen molar-refractivity contribution in [1.29, 1.82) is 0 Å². The summed E-state index contributed by atoms with van der Waals surface area (Å²) in [5.74, 6) is 0. The van der Waals surface area contributed by atoms with E-state index in [-0.39, 0.29) is 6.10 Å². The lowest BCUT2D eigenvalue weighted by molar-refractivity contribution is -0.280. The van der Waals surface area contributed by atoms with Gasteiger partial charge in [0.15, 0.2) is 6.29 Å². The molecule has 0 spiro atoms. The predicted octanol–water partition coefficient (Wildman–Crippen LogP) is -0.120. The average Bonchev–Trinajstić information content (AvgIpc) is 1.96. The van der Waals surface area contributed by atoms with E-state index in [9.17, 15) is 10.2 Å². The molecule has 4 nitrogen and oxygen atoms in total. The molecule has 0 aliphatic carbocycles. The van der Waals surface area contributed by atoms with Gasteiger partial charge in [-0.05, 0) is 13.8 Å². The molecule has 0 amide bonds. The zero-order valence-corrected chi connectivity index (χ0v) is 7.65. The van der Waals surface area contributed by atoms with Crippen LogP contribution in [-0.4, -0.2) is 41.4 Å². The maximum atomic E-state index is 9.70. The highest BCUT2D eigenvalue weighted by Gasteiger charge is 2.43. The quantitative estimate of drug-likeness (QED) is 0.584. The minimum atomic E-state index is -1.11.